The van der Waals surface area contributed by atoms with Crippen LogP contribution in [-0.4, -0.2) is 15.3 Å². The van der Waals surface area contributed by atoms with E-state index in [0.717, 1.165) is 26.9 Å². The molecule has 0 N–H and O–H groups in total. The molecule has 2 aromatic heterocycles. The predicted molar refractivity (Wildman–Crippen MR) is 135 cm³/mol. The van der Waals surface area contributed by atoms with E-state index in [-0.39, 0.29) is 11.2 Å². The second-order valence-corrected chi connectivity index (χ2v) is 9.97. The molecule has 0 atom stereocenters. The van der Waals surface area contributed by atoms with Gasteiger partial charge in [-0.25, -0.2) is 4.98 Å². The van der Waals surface area contributed by atoms with Gasteiger partial charge in [-0.1, -0.05) is 85.2 Å². The molecule has 0 aliphatic heterocycles. The number of rotatable bonds is 3. The van der Waals surface area contributed by atoms with Gasteiger partial charge in [0.25, 0.3) is 0 Å². The number of carbonyl (C=O) groups is 1. The maximum atomic E-state index is 13.4. The Labute approximate surface area is 195 Å². The lowest BCUT2D eigenvalue weighted by atomic mass is 9.86. The molecule has 4 heteroatoms. The van der Waals surface area contributed by atoms with Crippen LogP contribution in [0.25, 0.3) is 27.6 Å². The molecule has 0 fully saturated rings. The number of aromatic nitrogens is 2. The Hall–Kier alpha value is -3.24. The molecule has 3 aromatic carbocycles. The molecule has 2 heterocycles. The second kappa shape index (κ2) is 7.72. The van der Waals surface area contributed by atoms with Crippen LogP contribution in [0, 0.1) is 0 Å². The highest BCUT2D eigenvalue weighted by Crippen LogP contribution is 2.33. The van der Waals surface area contributed by atoms with Crippen molar-refractivity contribution in [3.05, 3.63) is 106 Å². The van der Waals surface area contributed by atoms with Crippen molar-refractivity contribution in [2.45, 2.75) is 26.2 Å². The third-order valence-corrected chi connectivity index (χ3v) is 6.30. The van der Waals surface area contributed by atoms with Crippen molar-refractivity contribution >= 4 is 43.5 Å². The van der Waals surface area contributed by atoms with Gasteiger partial charge in [0.2, 0.25) is 5.78 Å². The lowest BCUT2D eigenvalue weighted by Gasteiger charge is -2.21. The fourth-order valence-corrected chi connectivity index (χ4v) is 4.53. The minimum Gasteiger partial charge on any atom is -0.294 e. The third kappa shape index (κ3) is 3.55. The van der Waals surface area contributed by atoms with Crippen molar-refractivity contribution in [1.82, 2.24) is 9.55 Å². The van der Waals surface area contributed by atoms with Gasteiger partial charge in [0.1, 0.15) is 11.5 Å². The maximum Gasteiger partial charge on any atom is 0.211 e. The van der Waals surface area contributed by atoms with Crippen LogP contribution in [0.1, 0.15) is 42.4 Å². The average molecular weight is 483 g/mol. The molecule has 0 amide bonds. The molecule has 0 saturated heterocycles. The Balaban J connectivity index is 1.80. The van der Waals surface area contributed by atoms with E-state index in [1.165, 1.54) is 10.8 Å². The van der Waals surface area contributed by atoms with Crippen molar-refractivity contribution in [2.75, 3.05) is 0 Å². The molecule has 0 radical (unpaired) electrons. The second-order valence-electron chi connectivity index (χ2n) is 9.06. The number of fused-ring (bicyclic) bond motifs is 3. The van der Waals surface area contributed by atoms with Gasteiger partial charge >= 0.3 is 0 Å². The van der Waals surface area contributed by atoms with E-state index in [1.54, 1.807) is 0 Å². The van der Waals surface area contributed by atoms with Crippen molar-refractivity contribution in [3.8, 4) is 5.82 Å². The van der Waals surface area contributed by atoms with E-state index in [4.69, 9.17) is 4.98 Å². The van der Waals surface area contributed by atoms with Crippen molar-refractivity contribution in [1.29, 1.82) is 0 Å². The molecule has 5 rings (SSSR count). The molecular weight excluding hydrogens is 460 g/mol. The minimum atomic E-state index is -0.136. The maximum absolute atomic E-state index is 13.4. The first-order chi connectivity index (χ1) is 15.3. The van der Waals surface area contributed by atoms with Crippen LogP contribution in [0.5, 0.6) is 0 Å². The number of para-hydroxylation sites is 2. The Morgan fingerprint density at radius 3 is 2.03 bits per heavy atom. The Kier molecular flexibility index (Phi) is 4.98. The number of pyridine rings is 1. The van der Waals surface area contributed by atoms with E-state index in [0.29, 0.717) is 11.3 Å². The molecule has 32 heavy (non-hydrogen) atoms. The summed E-state index contributed by atoms with van der Waals surface area (Å²) in [6, 6.07) is 28.2. The molecular formula is C28H23BrN2O. The van der Waals surface area contributed by atoms with Crippen LogP contribution < -0.4 is 0 Å². The zero-order chi connectivity index (χ0) is 22.5. The molecule has 3 nitrogen and oxygen atoms in total. The highest BCUT2D eigenvalue weighted by Gasteiger charge is 2.22. The van der Waals surface area contributed by atoms with E-state index < -0.39 is 0 Å². The monoisotopic (exact) mass is 482 g/mol. The molecule has 5 aromatic rings. The highest BCUT2D eigenvalue weighted by molar-refractivity contribution is 9.10. The van der Waals surface area contributed by atoms with Gasteiger partial charge in [-0.2, -0.15) is 0 Å². The van der Waals surface area contributed by atoms with Crippen LogP contribution in [0.3, 0.4) is 0 Å². The first kappa shape index (κ1) is 20.7. The van der Waals surface area contributed by atoms with E-state index in [1.807, 2.05) is 42.5 Å². The Morgan fingerprint density at radius 1 is 0.812 bits per heavy atom. The molecule has 0 spiro atoms. The lowest BCUT2D eigenvalue weighted by Crippen LogP contribution is -2.16. The molecule has 0 saturated carbocycles. The standard InChI is InChI=1S/C28H23BrN2O/c1-28(2,3)19-16-23(27(32)18-9-8-10-20(29)15-18)30-26(17-19)31-24-13-6-4-11-21(24)22-12-5-7-14-25(22)31/h4-17H,1-3H3. The van der Waals surface area contributed by atoms with Crippen LogP contribution >= 0.6 is 15.9 Å². The summed E-state index contributed by atoms with van der Waals surface area (Å²) < 4.78 is 3.04. The summed E-state index contributed by atoms with van der Waals surface area (Å²) in [5.74, 6) is 0.674. The number of hydrogen-bond donors (Lipinski definition) is 0. The lowest BCUT2D eigenvalue weighted by molar-refractivity contribution is 0.103. The van der Waals surface area contributed by atoms with Gasteiger partial charge in [-0.15, -0.1) is 0 Å². The van der Waals surface area contributed by atoms with Gasteiger partial charge in [-0.3, -0.25) is 9.36 Å². The number of carbonyl (C=O) groups excluding carboxylic acids is 1. The molecule has 0 bridgehead atoms. The number of hydrogen-bond acceptors (Lipinski definition) is 2. The van der Waals surface area contributed by atoms with Crippen molar-refractivity contribution in [2.24, 2.45) is 0 Å². The summed E-state index contributed by atoms with van der Waals surface area (Å²) in [7, 11) is 0. The van der Waals surface area contributed by atoms with E-state index in [9.17, 15) is 4.79 Å². The quantitative estimate of drug-likeness (QED) is 0.250. The van der Waals surface area contributed by atoms with Crippen LogP contribution in [0.4, 0.5) is 0 Å². The number of benzene rings is 3. The fraction of sp³-hybridized carbons (Fsp3) is 0.143. The average Bonchev–Trinajstić information content (AvgIpc) is 3.12. The predicted octanol–water partition coefficient (Wildman–Crippen LogP) is 7.47. The van der Waals surface area contributed by atoms with E-state index in [2.05, 4.69) is 83.7 Å². The number of halogens is 1. The molecule has 0 aliphatic rings. The Bertz CT molecular complexity index is 1440. The summed E-state index contributed by atoms with van der Waals surface area (Å²) >= 11 is 3.47. The largest absolute Gasteiger partial charge is 0.294 e. The van der Waals surface area contributed by atoms with Gasteiger partial charge in [-0.05, 0) is 47.4 Å². The first-order valence-corrected chi connectivity index (χ1v) is 11.4. The Morgan fingerprint density at radius 2 is 1.44 bits per heavy atom. The zero-order valence-corrected chi connectivity index (χ0v) is 19.8. The number of nitrogens with zero attached hydrogens (tertiary/aromatic N) is 2. The van der Waals surface area contributed by atoms with Crippen LogP contribution in [0.2, 0.25) is 0 Å². The molecule has 0 unspecified atom stereocenters. The topological polar surface area (TPSA) is 34.9 Å². The minimum absolute atomic E-state index is 0.0839. The van der Waals surface area contributed by atoms with Crippen molar-refractivity contribution < 1.29 is 4.79 Å². The number of ketones is 1. The first-order valence-electron chi connectivity index (χ1n) is 10.6. The summed E-state index contributed by atoms with van der Waals surface area (Å²) in [5, 5.41) is 2.34. The summed E-state index contributed by atoms with van der Waals surface area (Å²) in [6.45, 7) is 6.47. The zero-order valence-electron chi connectivity index (χ0n) is 18.3. The fourth-order valence-electron chi connectivity index (χ4n) is 4.13. The van der Waals surface area contributed by atoms with Gasteiger partial charge in [0.15, 0.2) is 0 Å². The van der Waals surface area contributed by atoms with E-state index >= 15 is 0 Å². The molecule has 0 aliphatic carbocycles. The molecule has 158 valence electrons. The van der Waals surface area contributed by atoms with Gasteiger partial charge in [0.05, 0.1) is 11.0 Å². The van der Waals surface area contributed by atoms with Crippen LogP contribution in [-0.2, 0) is 5.41 Å². The summed E-state index contributed by atoms with van der Waals surface area (Å²) in [5.41, 5.74) is 4.16. The van der Waals surface area contributed by atoms with Crippen LogP contribution in [0.15, 0.2) is 89.4 Å². The normalized spacial score (nSPS) is 11.9. The smallest absolute Gasteiger partial charge is 0.211 e. The summed E-state index contributed by atoms with van der Waals surface area (Å²) in [6.07, 6.45) is 0. The van der Waals surface area contributed by atoms with Gasteiger partial charge in [0, 0.05) is 20.8 Å². The van der Waals surface area contributed by atoms with Gasteiger partial charge < -0.3 is 0 Å². The van der Waals surface area contributed by atoms with Crippen molar-refractivity contribution in [3.63, 3.8) is 0 Å². The SMILES string of the molecule is CC(C)(C)c1cc(C(=O)c2cccc(Br)c2)nc(-n2c3ccccc3c3ccccc32)c1. The third-order valence-electron chi connectivity index (χ3n) is 5.81. The highest BCUT2D eigenvalue weighted by atomic mass is 79.9. The summed E-state index contributed by atoms with van der Waals surface area (Å²) in [4.78, 5) is 18.3.